The molecule has 3 aliphatic carbocycles. The van der Waals surface area contributed by atoms with Crippen molar-refractivity contribution in [2.45, 2.75) is 25.7 Å². The maximum Gasteiger partial charge on any atom is 0.238 e. The Kier molecular flexibility index (Phi) is 6.67. The SMILES string of the molecule is COc1cc(Br)cc(C2C3=CCC4C(=O)N(c5ccc(C)c(Cl)c5)C(=O)C4C3CC3=C2C(=O)C=C(Br)C3=O)c1O. The molecule has 1 aliphatic heterocycles. The van der Waals surface area contributed by atoms with E-state index in [4.69, 9.17) is 16.3 Å². The average molecular weight is 688 g/mol. The van der Waals surface area contributed by atoms with Gasteiger partial charge in [0.1, 0.15) is 0 Å². The van der Waals surface area contributed by atoms with E-state index in [1.54, 1.807) is 30.3 Å². The normalized spacial score (nSPS) is 25.9. The Morgan fingerprint density at radius 3 is 2.50 bits per heavy atom. The molecule has 1 fully saturated rings. The first-order valence-electron chi connectivity index (χ1n) is 12.6. The van der Waals surface area contributed by atoms with Crippen molar-refractivity contribution in [3.8, 4) is 11.5 Å². The van der Waals surface area contributed by atoms with Crippen LogP contribution in [0.5, 0.6) is 11.5 Å². The van der Waals surface area contributed by atoms with Crippen LogP contribution in [-0.4, -0.2) is 35.6 Å². The van der Waals surface area contributed by atoms with Crippen molar-refractivity contribution >= 4 is 72.5 Å². The number of halogens is 3. The van der Waals surface area contributed by atoms with Crippen molar-refractivity contribution in [1.82, 2.24) is 0 Å². The number of phenols is 1. The molecule has 4 atom stereocenters. The minimum Gasteiger partial charge on any atom is -0.504 e. The summed E-state index contributed by atoms with van der Waals surface area (Å²) in [6.45, 7) is 1.84. The predicted molar refractivity (Wildman–Crippen MR) is 156 cm³/mol. The maximum absolute atomic E-state index is 14.0. The minimum atomic E-state index is -0.805. The van der Waals surface area contributed by atoms with Crippen LogP contribution < -0.4 is 9.64 Å². The first-order valence-corrected chi connectivity index (χ1v) is 14.6. The highest BCUT2D eigenvalue weighted by molar-refractivity contribution is 9.12. The van der Waals surface area contributed by atoms with E-state index in [2.05, 4.69) is 31.9 Å². The second-order valence-corrected chi connectivity index (χ2v) is 12.6. The van der Waals surface area contributed by atoms with Crippen LogP contribution in [0, 0.1) is 24.7 Å². The fourth-order valence-electron chi connectivity index (χ4n) is 6.51. The van der Waals surface area contributed by atoms with Gasteiger partial charge in [0.2, 0.25) is 11.8 Å². The number of aryl methyl sites for hydroxylation is 1. The van der Waals surface area contributed by atoms with E-state index in [1.807, 2.05) is 13.0 Å². The molecule has 7 nitrogen and oxygen atoms in total. The highest BCUT2D eigenvalue weighted by Gasteiger charge is 2.57. The molecule has 0 saturated carbocycles. The Labute approximate surface area is 251 Å². The summed E-state index contributed by atoms with van der Waals surface area (Å²) < 4.78 is 6.12. The zero-order valence-electron chi connectivity index (χ0n) is 21.3. The van der Waals surface area contributed by atoms with Gasteiger partial charge in [-0.05, 0) is 71.4 Å². The molecule has 0 bridgehead atoms. The summed E-state index contributed by atoms with van der Waals surface area (Å²) in [5, 5.41) is 11.7. The van der Waals surface area contributed by atoms with Crippen LogP contribution in [0.15, 0.2) is 68.2 Å². The number of methoxy groups -OCH3 is 1. The number of Topliss-reactive ketones (excluding diaryl/α,β-unsaturated/α-hetero) is 1. The lowest BCUT2D eigenvalue weighted by Gasteiger charge is -2.42. The van der Waals surface area contributed by atoms with Gasteiger partial charge in [-0.2, -0.15) is 0 Å². The van der Waals surface area contributed by atoms with E-state index >= 15 is 0 Å². The van der Waals surface area contributed by atoms with Gasteiger partial charge in [0.25, 0.3) is 0 Å². The van der Waals surface area contributed by atoms with Crippen molar-refractivity contribution < 1.29 is 29.0 Å². The molecule has 0 aromatic heterocycles. The summed E-state index contributed by atoms with van der Waals surface area (Å²) >= 11 is 13.0. The standard InChI is InChI=1S/C30H22Br2ClNO6/c1-12-3-4-14(9-21(12)33)34-29(38)16-6-5-15-17(25(16)30(34)39)10-19-26(22(35)11-20(32)27(19)36)24(15)18-7-13(31)8-23(40-2)28(18)37/h3-5,7-9,11,16-17,24-25,37H,6,10H2,1-2H3. The molecule has 0 spiro atoms. The van der Waals surface area contributed by atoms with E-state index in [1.165, 1.54) is 18.1 Å². The fourth-order valence-corrected chi connectivity index (χ4v) is 7.58. The molecule has 2 amide bonds. The Morgan fingerprint density at radius 2 is 1.80 bits per heavy atom. The van der Waals surface area contributed by atoms with Crippen LogP contribution in [0.4, 0.5) is 5.69 Å². The molecule has 0 radical (unpaired) electrons. The molecule has 4 aliphatic rings. The van der Waals surface area contributed by atoms with Crippen LogP contribution in [0.1, 0.15) is 29.9 Å². The van der Waals surface area contributed by atoms with Crippen molar-refractivity contribution in [2.24, 2.45) is 17.8 Å². The Bertz CT molecular complexity index is 1660. The molecular weight excluding hydrogens is 666 g/mol. The number of carbonyl (C=O) groups is 4. The molecule has 1 saturated heterocycles. The van der Waals surface area contributed by atoms with Crippen LogP contribution in [0.2, 0.25) is 5.02 Å². The van der Waals surface area contributed by atoms with Gasteiger partial charge in [0, 0.05) is 38.2 Å². The molecule has 2 aromatic carbocycles. The number of rotatable bonds is 3. The summed E-state index contributed by atoms with van der Waals surface area (Å²) in [5.41, 5.74) is 2.88. The first kappa shape index (κ1) is 27.2. The van der Waals surface area contributed by atoms with Gasteiger partial charge < -0.3 is 9.84 Å². The molecule has 204 valence electrons. The number of nitrogens with zero attached hydrogens (tertiary/aromatic N) is 1. The van der Waals surface area contributed by atoms with Gasteiger partial charge in [-0.15, -0.1) is 0 Å². The molecule has 1 heterocycles. The number of amides is 2. The first-order chi connectivity index (χ1) is 19.0. The third-order valence-corrected chi connectivity index (χ3v) is 9.80. The van der Waals surface area contributed by atoms with Gasteiger partial charge in [0.05, 0.1) is 29.1 Å². The lowest BCUT2D eigenvalue weighted by molar-refractivity contribution is -0.123. The maximum atomic E-state index is 14.0. The van der Waals surface area contributed by atoms with Gasteiger partial charge in [-0.1, -0.05) is 45.2 Å². The van der Waals surface area contributed by atoms with Crippen LogP contribution in [0.3, 0.4) is 0 Å². The summed E-state index contributed by atoms with van der Waals surface area (Å²) in [6.07, 6.45) is 3.55. The minimum absolute atomic E-state index is 0.125. The van der Waals surface area contributed by atoms with E-state index < -0.39 is 23.7 Å². The van der Waals surface area contributed by atoms with Gasteiger partial charge in [-0.3, -0.25) is 19.2 Å². The third-order valence-electron chi connectivity index (χ3n) is 8.34. The van der Waals surface area contributed by atoms with Gasteiger partial charge >= 0.3 is 0 Å². The number of carbonyl (C=O) groups excluding carboxylic acids is 4. The van der Waals surface area contributed by atoms with Crippen molar-refractivity contribution in [2.75, 3.05) is 12.0 Å². The van der Waals surface area contributed by atoms with Crippen molar-refractivity contribution in [3.63, 3.8) is 0 Å². The number of ketones is 2. The molecular formula is C30H22Br2ClNO6. The molecule has 1 N–H and O–H groups in total. The predicted octanol–water partition coefficient (Wildman–Crippen LogP) is 6.09. The Morgan fingerprint density at radius 1 is 1.05 bits per heavy atom. The summed E-state index contributed by atoms with van der Waals surface area (Å²) in [5.74, 6) is -4.05. The third kappa shape index (κ3) is 3.96. The molecule has 10 heteroatoms. The van der Waals surface area contributed by atoms with Gasteiger partial charge in [-0.25, -0.2) is 4.90 Å². The van der Waals surface area contributed by atoms with E-state index in [0.29, 0.717) is 20.7 Å². The second-order valence-electron chi connectivity index (χ2n) is 10.4. The smallest absolute Gasteiger partial charge is 0.238 e. The molecule has 40 heavy (non-hydrogen) atoms. The lowest BCUT2D eigenvalue weighted by atomic mass is 9.59. The zero-order chi connectivity index (χ0) is 28.6. The number of imide groups is 1. The quantitative estimate of drug-likeness (QED) is 0.238. The highest BCUT2D eigenvalue weighted by Crippen LogP contribution is 2.57. The Hall–Kier alpha value is -3.01. The van der Waals surface area contributed by atoms with Crippen LogP contribution >= 0.6 is 43.5 Å². The molecule has 2 aromatic rings. The monoisotopic (exact) mass is 685 g/mol. The molecule has 6 rings (SSSR count). The van der Waals surface area contributed by atoms with Crippen LogP contribution in [0.25, 0.3) is 0 Å². The summed E-state index contributed by atoms with van der Waals surface area (Å²) in [4.78, 5) is 55.7. The number of allylic oxidation sites excluding steroid dienone is 6. The van der Waals surface area contributed by atoms with Crippen molar-refractivity contribution in [1.29, 1.82) is 0 Å². The number of hydrogen-bond donors (Lipinski definition) is 1. The molecule has 4 unspecified atom stereocenters. The largest absolute Gasteiger partial charge is 0.504 e. The number of benzene rings is 2. The zero-order valence-corrected chi connectivity index (χ0v) is 25.3. The topological polar surface area (TPSA) is 101 Å². The van der Waals surface area contributed by atoms with E-state index in [-0.39, 0.29) is 63.4 Å². The number of phenolic OH excluding ortho intramolecular Hbond substituents is 1. The van der Waals surface area contributed by atoms with Gasteiger partial charge in [0.15, 0.2) is 23.1 Å². The van der Waals surface area contributed by atoms with E-state index in [9.17, 15) is 24.3 Å². The number of anilines is 1. The number of fused-ring (bicyclic) bond motifs is 3. The van der Waals surface area contributed by atoms with E-state index in [0.717, 1.165) is 11.1 Å². The summed E-state index contributed by atoms with van der Waals surface area (Å²) in [7, 11) is 1.42. The highest BCUT2D eigenvalue weighted by atomic mass is 79.9. The fraction of sp³-hybridized carbons (Fsp3) is 0.267. The summed E-state index contributed by atoms with van der Waals surface area (Å²) in [6, 6.07) is 8.37. The number of hydrogen-bond acceptors (Lipinski definition) is 6. The number of ether oxygens (including phenoxy) is 1. The number of aromatic hydroxyl groups is 1. The van der Waals surface area contributed by atoms with Crippen LogP contribution in [-0.2, 0) is 19.2 Å². The Balaban J connectivity index is 1.52. The van der Waals surface area contributed by atoms with Crippen molar-refractivity contribution in [3.05, 3.63) is 84.3 Å². The lowest BCUT2D eigenvalue weighted by Crippen LogP contribution is -2.39. The average Bonchev–Trinajstić information content (AvgIpc) is 3.18. The second kappa shape index (κ2) is 9.82.